The van der Waals surface area contributed by atoms with Gasteiger partial charge in [-0.1, -0.05) is 53.5 Å². The van der Waals surface area contributed by atoms with Gasteiger partial charge in [0.15, 0.2) is 0 Å². The van der Waals surface area contributed by atoms with E-state index in [0.717, 1.165) is 18.4 Å². The lowest BCUT2D eigenvalue weighted by molar-refractivity contribution is -0.115. The lowest BCUT2D eigenvalue weighted by Gasteiger charge is -2.15. The van der Waals surface area contributed by atoms with Crippen molar-refractivity contribution in [3.63, 3.8) is 0 Å². The molecule has 1 heterocycles. The fourth-order valence-corrected chi connectivity index (χ4v) is 4.01. The minimum Gasteiger partial charge on any atom is -0.416 e. The lowest BCUT2D eigenvalue weighted by Crippen LogP contribution is -2.19. The van der Waals surface area contributed by atoms with E-state index in [4.69, 9.17) is 27.6 Å². The molecule has 1 aromatic heterocycles. The normalized spacial score (nSPS) is 14.7. The number of carbonyl (C=O) groups is 1. The van der Waals surface area contributed by atoms with Gasteiger partial charge in [0.1, 0.15) is 5.25 Å². The molecule has 5 nitrogen and oxygen atoms in total. The molecule has 3 aromatic rings. The first-order valence-corrected chi connectivity index (χ1v) is 10.0. The predicted octanol–water partition coefficient (Wildman–Crippen LogP) is 5.73. The average Bonchev–Trinajstić information content (AvgIpc) is 3.38. The number of nitrogens with one attached hydrogen (secondary N) is 1. The minimum absolute atomic E-state index is 0.226. The first-order valence-electron chi connectivity index (χ1n) is 8.40. The Hall–Kier alpha value is -2.02. The van der Waals surface area contributed by atoms with Crippen molar-refractivity contribution in [1.82, 2.24) is 10.2 Å². The van der Waals surface area contributed by atoms with E-state index in [0.29, 0.717) is 32.8 Å². The number of rotatable bonds is 6. The van der Waals surface area contributed by atoms with E-state index >= 15 is 0 Å². The number of carbonyl (C=O) groups excluding carboxylic acids is 1. The largest absolute Gasteiger partial charge is 0.416 e. The standard InChI is InChI=1S/C19H15Cl2N3O2S/c20-13-8-14(21)10-15(9-13)22-17(25)16(11-4-2-1-3-5-11)27-19-24-23-18(26-19)12-6-7-12/h1-5,8-10,12,16H,6-7H2,(H,22,25)/t16-/m1/s1. The van der Waals surface area contributed by atoms with E-state index in [1.165, 1.54) is 11.8 Å². The number of hydrogen-bond acceptors (Lipinski definition) is 5. The van der Waals surface area contributed by atoms with Gasteiger partial charge in [-0.2, -0.15) is 0 Å². The maximum atomic E-state index is 13.0. The van der Waals surface area contributed by atoms with Crippen LogP contribution in [0.2, 0.25) is 10.0 Å². The van der Waals surface area contributed by atoms with E-state index in [-0.39, 0.29) is 5.91 Å². The highest BCUT2D eigenvalue weighted by atomic mass is 35.5. The highest BCUT2D eigenvalue weighted by Gasteiger charge is 2.31. The second-order valence-corrected chi connectivity index (χ2v) is 8.17. The van der Waals surface area contributed by atoms with Crippen LogP contribution in [0, 0.1) is 0 Å². The van der Waals surface area contributed by atoms with Crippen LogP contribution in [0.3, 0.4) is 0 Å². The van der Waals surface area contributed by atoms with Crippen molar-refractivity contribution in [2.75, 3.05) is 5.32 Å². The summed E-state index contributed by atoms with van der Waals surface area (Å²) in [5.41, 5.74) is 1.36. The molecular weight excluding hydrogens is 405 g/mol. The van der Waals surface area contributed by atoms with Crippen LogP contribution in [0.15, 0.2) is 58.2 Å². The Labute approximate surface area is 170 Å². The van der Waals surface area contributed by atoms with E-state index in [1.54, 1.807) is 18.2 Å². The third-order valence-electron chi connectivity index (χ3n) is 4.04. The van der Waals surface area contributed by atoms with Gasteiger partial charge in [-0.05, 0) is 48.4 Å². The average molecular weight is 420 g/mol. The first kappa shape index (κ1) is 18.3. The molecule has 27 heavy (non-hydrogen) atoms. The van der Waals surface area contributed by atoms with Crippen LogP contribution in [0.5, 0.6) is 0 Å². The second kappa shape index (κ2) is 7.92. The Kier molecular flexibility index (Phi) is 5.38. The number of anilines is 1. The van der Waals surface area contributed by atoms with Gasteiger partial charge in [0.2, 0.25) is 11.8 Å². The summed E-state index contributed by atoms with van der Waals surface area (Å²) in [7, 11) is 0. The molecule has 138 valence electrons. The first-order chi connectivity index (χ1) is 13.1. The monoisotopic (exact) mass is 419 g/mol. The van der Waals surface area contributed by atoms with Crippen molar-refractivity contribution in [2.24, 2.45) is 0 Å². The summed E-state index contributed by atoms with van der Waals surface area (Å²) in [5, 5.41) is 11.8. The van der Waals surface area contributed by atoms with E-state index in [1.807, 2.05) is 30.3 Å². The second-order valence-electron chi connectivity index (χ2n) is 6.24. The maximum absolute atomic E-state index is 13.0. The quantitative estimate of drug-likeness (QED) is 0.516. The third-order valence-corrected chi connectivity index (χ3v) is 5.56. The fourth-order valence-electron chi connectivity index (χ4n) is 2.60. The van der Waals surface area contributed by atoms with Gasteiger partial charge >= 0.3 is 0 Å². The highest BCUT2D eigenvalue weighted by molar-refractivity contribution is 8.00. The zero-order valence-corrected chi connectivity index (χ0v) is 16.4. The Morgan fingerprint density at radius 2 is 1.81 bits per heavy atom. The molecule has 0 saturated heterocycles. The number of hydrogen-bond donors (Lipinski definition) is 1. The number of amides is 1. The summed E-state index contributed by atoms with van der Waals surface area (Å²) in [6.45, 7) is 0. The van der Waals surface area contributed by atoms with Gasteiger partial charge in [-0.15, -0.1) is 10.2 Å². The molecule has 4 rings (SSSR count). The van der Waals surface area contributed by atoms with Crippen LogP contribution < -0.4 is 5.32 Å². The van der Waals surface area contributed by atoms with Gasteiger partial charge in [0, 0.05) is 21.7 Å². The smallest absolute Gasteiger partial charge is 0.277 e. The molecular formula is C19H15Cl2N3O2S. The van der Waals surface area contributed by atoms with Crippen LogP contribution in [-0.2, 0) is 4.79 Å². The molecule has 1 amide bonds. The van der Waals surface area contributed by atoms with Crippen molar-refractivity contribution >= 4 is 46.6 Å². The van der Waals surface area contributed by atoms with Gasteiger partial charge in [0.05, 0.1) is 0 Å². The Morgan fingerprint density at radius 3 is 2.48 bits per heavy atom. The summed E-state index contributed by atoms with van der Waals surface area (Å²) < 4.78 is 5.72. The van der Waals surface area contributed by atoms with Crippen LogP contribution in [-0.4, -0.2) is 16.1 Å². The molecule has 1 aliphatic rings. The third kappa shape index (κ3) is 4.64. The van der Waals surface area contributed by atoms with Crippen molar-refractivity contribution in [3.8, 4) is 0 Å². The summed E-state index contributed by atoms with van der Waals surface area (Å²) in [5.74, 6) is 0.784. The molecule has 2 aromatic carbocycles. The van der Waals surface area contributed by atoms with Crippen LogP contribution in [0.1, 0.15) is 35.5 Å². The number of benzene rings is 2. The highest BCUT2D eigenvalue weighted by Crippen LogP contribution is 2.42. The van der Waals surface area contributed by atoms with Crippen molar-refractivity contribution in [2.45, 2.75) is 29.2 Å². The number of thioether (sulfide) groups is 1. The molecule has 0 aliphatic heterocycles. The topological polar surface area (TPSA) is 68.0 Å². The van der Waals surface area contributed by atoms with Crippen molar-refractivity contribution in [3.05, 3.63) is 70.0 Å². The number of nitrogens with zero attached hydrogens (tertiary/aromatic N) is 2. The van der Waals surface area contributed by atoms with Crippen LogP contribution >= 0.6 is 35.0 Å². The summed E-state index contributed by atoms with van der Waals surface area (Å²) >= 11 is 13.3. The molecule has 1 N–H and O–H groups in total. The molecule has 8 heteroatoms. The van der Waals surface area contributed by atoms with Gasteiger partial charge in [-0.25, -0.2) is 0 Å². The van der Waals surface area contributed by atoms with E-state index in [9.17, 15) is 4.79 Å². The van der Waals surface area contributed by atoms with Gasteiger partial charge < -0.3 is 9.73 Å². The lowest BCUT2D eigenvalue weighted by atomic mass is 10.1. The van der Waals surface area contributed by atoms with Crippen LogP contribution in [0.25, 0.3) is 0 Å². The van der Waals surface area contributed by atoms with Crippen molar-refractivity contribution < 1.29 is 9.21 Å². The molecule has 1 atom stereocenters. The zero-order chi connectivity index (χ0) is 18.8. The molecule has 0 unspecified atom stereocenters. The zero-order valence-electron chi connectivity index (χ0n) is 14.1. The van der Waals surface area contributed by atoms with Gasteiger partial charge in [-0.3, -0.25) is 4.79 Å². The predicted molar refractivity (Wildman–Crippen MR) is 106 cm³/mol. The van der Waals surface area contributed by atoms with Crippen LogP contribution in [0.4, 0.5) is 5.69 Å². The molecule has 1 aliphatic carbocycles. The molecule has 1 saturated carbocycles. The summed E-state index contributed by atoms with van der Waals surface area (Å²) in [4.78, 5) is 13.0. The molecule has 0 spiro atoms. The summed E-state index contributed by atoms with van der Waals surface area (Å²) in [6, 6.07) is 14.4. The summed E-state index contributed by atoms with van der Waals surface area (Å²) in [6.07, 6.45) is 2.15. The minimum atomic E-state index is -0.559. The molecule has 0 bridgehead atoms. The Morgan fingerprint density at radius 1 is 1.11 bits per heavy atom. The fraction of sp³-hybridized carbons (Fsp3) is 0.211. The Balaban J connectivity index is 1.57. The number of aromatic nitrogens is 2. The van der Waals surface area contributed by atoms with E-state index < -0.39 is 5.25 Å². The molecule has 1 fully saturated rings. The van der Waals surface area contributed by atoms with Crippen molar-refractivity contribution in [1.29, 1.82) is 0 Å². The molecule has 0 radical (unpaired) electrons. The number of halogens is 2. The SMILES string of the molecule is O=C(Nc1cc(Cl)cc(Cl)c1)[C@H](Sc1nnc(C2CC2)o1)c1ccccc1. The van der Waals surface area contributed by atoms with E-state index in [2.05, 4.69) is 15.5 Å². The Bertz CT molecular complexity index is 940. The maximum Gasteiger partial charge on any atom is 0.277 e. The van der Waals surface area contributed by atoms with Gasteiger partial charge in [0.25, 0.3) is 5.22 Å².